The van der Waals surface area contributed by atoms with Crippen molar-refractivity contribution >= 4 is 18.4 Å². The van der Waals surface area contributed by atoms with Gasteiger partial charge < -0.3 is 0 Å². The molecule has 1 aliphatic carbocycles. The van der Waals surface area contributed by atoms with E-state index in [0.29, 0.717) is 0 Å². The van der Waals surface area contributed by atoms with Crippen LogP contribution < -0.4 is 0 Å². The average molecular weight is 206 g/mol. The Morgan fingerprint density at radius 2 is 1.93 bits per heavy atom. The van der Waals surface area contributed by atoms with Crippen LogP contribution in [0.2, 0.25) is 0 Å². The van der Waals surface area contributed by atoms with Crippen molar-refractivity contribution in [2.75, 3.05) is 0 Å². The van der Waals surface area contributed by atoms with E-state index in [0.717, 1.165) is 24.8 Å². The first kappa shape index (κ1) is 9.78. The lowest BCUT2D eigenvalue weighted by Gasteiger charge is -2.12. The highest BCUT2D eigenvalue weighted by molar-refractivity contribution is 7.81. The number of carbonyl (C=O) groups is 1. The summed E-state index contributed by atoms with van der Waals surface area (Å²) < 4.78 is 0. The van der Waals surface area contributed by atoms with Crippen LogP contribution in [0, 0.1) is 5.92 Å². The lowest BCUT2D eigenvalue weighted by atomic mass is 9.96. The fraction of sp³-hybridized carbons (Fsp3) is 0.417. The molecule has 0 heterocycles. The summed E-state index contributed by atoms with van der Waals surface area (Å²) in [7, 11) is 0. The highest BCUT2D eigenvalue weighted by Gasteiger charge is 2.30. The van der Waals surface area contributed by atoms with Gasteiger partial charge in [0.1, 0.15) is 0 Å². The fourth-order valence-corrected chi connectivity index (χ4v) is 2.53. The van der Waals surface area contributed by atoms with E-state index in [4.69, 9.17) is 0 Å². The van der Waals surface area contributed by atoms with Gasteiger partial charge in [0.15, 0.2) is 5.78 Å². The standard InChI is InChI=1S/C12H14OS/c13-12(9-5-2-1-3-6-9)10-7-4-8-11(10)14/h1-3,5-6,10-11,14H,4,7-8H2/t10-,11+/m1/s1. The summed E-state index contributed by atoms with van der Waals surface area (Å²) in [4.78, 5) is 12.0. The van der Waals surface area contributed by atoms with E-state index < -0.39 is 0 Å². The number of carbonyl (C=O) groups excluding carboxylic acids is 1. The maximum atomic E-state index is 12.0. The Labute approximate surface area is 89.9 Å². The molecular weight excluding hydrogens is 192 g/mol. The van der Waals surface area contributed by atoms with E-state index in [9.17, 15) is 4.79 Å². The highest BCUT2D eigenvalue weighted by Crippen LogP contribution is 2.32. The van der Waals surface area contributed by atoms with Gasteiger partial charge >= 0.3 is 0 Å². The van der Waals surface area contributed by atoms with Gasteiger partial charge in [-0.3, -0.25) is 4.79 Å². The zero-order valence-corrected chi connectivity index (χ0v) is 8.91. The SMILES string of the molecule is O=C(c1ccccc1)[C@@H]1CCC[C@@H]1S. The molecule has 2 atom stereocenters. The molecule has 1 nitrogen and oxygen atoms in total. The third-order valence-corrected chi connectivity index (χ3v) is 3.49. The Morgan fingerprint density at radius 3 is 2.50 bits per heavy atom. The molecule has 1 aromatic carbocycles. The van der Waals surface area contributed by atoms with Crippen molar-refractivity contribution < 1.29 is 4.79 Å². The van der Waals surface area contributed by atoms with Crippen LogP contribution in [0.4, 0.5) is 0 Å². The molecule has 74 valence electrons. The smallest absolute Gasteiger partial charge is 0.167 e. The largest absolute Gasteiger partial charge is 0.294 e. The second-order valence-corrected chi connectivity index (χ2v) is 4.50. The molecule has 1 aromatic rings. The molecule has 0 bridgehead atoms. The van der Waals surface area contributed by atoms with Gasteiger partial charge in [-0.15, -0.1) is 0 Å². The number of rotatable bonds is 2. The molecule has 0 spiro atoms. The van der Waals surface area contributed by atoms with E-state index in [1.54, 1.807) is 0 Å². The van der Waals surface area contributed by atoms with Crippen LogP contribution in [0.15, 0.2) is 30.3 Å². The second-order valence-electron chi connectivity index (χ2n) is 3.84. The predicted molar refractivity (Wildman–Crippen MR) is 60.9 cm³/mol. The topological polar surface area (TPSA) is 17.1 Å². The normalized spacial score (nSPS) is 26.4. The summed E-state index contributed by atoms with van der Waals surface area (Å²) >= 11 is 4.46. The molecule has 0 amide bonds. The van der Waals surface area contributed by atoms with Crippen molar-refractivity contribution in [1.29, 1.82) is 0 Å². The van der Waals surface area contributed by atoms with Gasteiger partial charge in [-0.2, -0.15) is 12.6 Å². The molecule has 0 saturated heterocycles. The van der Waals surface area contributed by atoms with Gasteiger partial charge in [0, 0.05) is 16.7 Å². The Hall–Kier alpha value is -0.760. The van der Waals surface area contributed by atoms with Crippen LogP contribution in [0.5, 0.6) is 0 Å². The Balaban J connectivity index is 2.16. The molecule has 1 fully saturated rings. The number of hydrogen-bond donors (Lipinski definition) is 1. The van der Waals surface area contributed by atoms with E-state index in [1.165, 1.54) is 0 Å². The summed E-state index contributed by atoms with van der Waals surface area (Å²) in [6.07, 6.45) is 3.21. The zero-order valence-electron chi connectivity index (χ0n) is 8.02. The zero-order chi connectivity index (χ0) is 9.97. The van der Waals surface area contributed by atoms with E-state index >= 15 is 0 Å². The molecule has 0 aromatic heterocycles. The number of ketones is 1. The number of benzene rings is 1. The minimum absolute atomic E-state index is 0.140. The minimum atomic E-state index is 0.140. The Morgan fingerprint density at radius 1 is 1.21 bits per heavy atom. The second kappa shape index (κ2) is 4.18. The third kappa shape index (κ3) is 1.85. The van der Waals surface area contributed by atoms with Gasteiger partial charge in [0.05, 0.1) is 0 Å². The number of hydrogen-bond acceptors (Lipinski definition) is 2. The molecule has 2 rings (SSSR count). The number of thiol groups is 1. The van der Waals surface area contributed by atoms with Crippen molar-refractivity contribution in [3.8, 4) is 0 Å². The lowest BCUT2D eigenvalue weighted by Crippen LogP contribution is -2.19. The first-order valence-corrected chi connectivity index (χ1v) is 5.58. The van der Waals surface area contributed by atoms with Gasteiger partial charge in [0.25, 0.3) is 0 Å². The summed E-state index contributed by atoms with van der Waals surface area (Å²) in [5.41, 5.74) is 0.832. The van der Waals surface area contributed by atoms with Crippen LogP contribution in [-0.2, 0) is 0 Å². The van der Waals surface area contributed by atoms with Gasteiger partial charge in [-0.25, -0.2) is 0 Å². The summed E-state index contributed by atoms with van der Waals surface area (Å²) in [6.45, 7) is 0. The van der Waals surface area contributed by atoms with Gasteiger partial charge in [-0.1, -0.05) is 36.8 Å². The minimum Gasteiger partial charge on any atom is -0.294 e. The first-order chi connectivity index (χ1) is 6.79. The van der Waals surface area contributed by atoms with E-state index in [2.05, 4.69) is 12.6 Å². The average Bonchev–Trinajstić information content (AvgIpc) is 2.65. The maximum absolute atomic E-state index is 12.0. The lowest BCUT2D eigenvalue weighted by molar-refractivity contribution is 0.0926. The molecule has 0 aliphatic heterocycles. The van der Waals surface area contributed by atoms with Crippen LogP contribution in [-0.4, -0.2) is 11.0 Å². The van der Waals surface area contributed by atoms with Crippen LogP contribution >= 0.6 is 12.6 Å². The molecule has 0 radical (unpaired) electrons. The predicted octanol–water partition coefficient (Wildman–Crippen LogP) is 2.97. The fourth-order valence-electron chi connectivity index (χ4n) is 2.06. The van der Waals surface area contributed by atoms with Crippen molar-refractivity contribution in [2.45, 2.75) is 24.5 Å². The quantitative estimate of drug-likeness (QED) is 0.581. The van der Waals surface area contributed by atoms with E-state index in [1.807, 2.05) is 30.3 Å². The van der Waals surface area contributed by atoms with Crippen molar-refractivity contribution in [1.82, 2.24) is 0 Å². The van der Waals surface area contributed by atoms with Gasteiger partial charge in [-0.05, 0) is 12.8 Å². The summed E-state index contributed by atoms with van der Waals surface area (Å²) in [6, 6.07) is 9.54. The van der Waals surface area contributed by atoms with Crippen molar-refractivity contribution in [3.63, 3.8) is 0 Å². The van der Waals surface area contributed by atoms with Crippen molar-refractivity contribution in [3.05, 3.63) is 35.9 Å². The number of Topliss-reactive ketones (excluding diaryl/α,β-unsaturated/α-hetero) is 1. The van der Waals surface area contributed by atoms with Crippen LogP contribution in [0.1, 0.15) is 29.6 Å². The highest BCUT2D eigenvalue weighted by atomic mass is 32.1. The molecule has 14 heavy (non-hydrogen) atoms. The molecule has 1 aliphatic rings. The first-order valence-electron chi connectivity index (χ1n) is 5.06. The monoisotopic (exact) mass is 206 g/mol. The van der Waals surface area contributed by atoms with Crippen LogP contribution in [0.3, 0.4) is 0 Å². The summed E-state index contributed by atoms with van der Waals surface area (Å²) in [5.74, 6) is 0.406. The van der Waals surface area contributed by atoms with E-state index in [-0.39, 0.29) is 17.0 Å². The Bertz CT molecular complexity index is 320. The molecule has 0 unspecified atom stereocenters. The molecule has 1 saturated carbocycles. The van der Waals surface area contributed by atoms with Crippen molar-refractivity contribution in [2.24, 2.45) is 5.92 Å². The molecule has 0 N–H and O–H groups in total. The third-order valence-electron chi connectivity index (χ3n) is 2.87. The maximum Gasteiger partial charge on any atom is 0.167 e. The summed E-state index contributed by atoms with van der Waals surface area (Å²) in [5, 5.41) is 0.266. The van der Waals surface area contributed by atoms with Gasteiger partial charge in [0.2, 0.25) is 0 Å². The van der Waals surface area contributed by atoms with Crippen LogP contribution in [0.25, 0.3) is 0 Å². The molecular formula is C12H14OS. The Kier molecular flexibility index (Phi) is 2.92. The molecule has 2 heteroatoms.